The van der Waals surface area contributed by atoms with Gasteiger partial charge >= 0.3 is 5.69 Å². The molecule has 3 aromatic heterocycles. The molecular weight excluding hydrogens is 532 g/mol. The Kier molecular flexibility index (Phi) is 7.20. The molecule has 1 atom stereocenters. The van der Waals surface area contributed by atoms with E-state index in [2.05, 4.69) is 15.0 Å². The van der Waals surface area contributed by atoms with E-state index in [1.807, 2.05) is 70.2 Å². The third-order valence-electron chi connectivity index (χ3n) is 6.14. The van der Waals surface area contributed by atoms with Gasteiger partial charge < -0.3 is 9.72 Å². The molecule has 39 heavy (non-hydrogen) atoms. The van der Waals surface area contributed by atoms with Gasteiger partial charge in [0.25, 0.3) is 0 Å². The summed E-state index contributed by atoms with van der Waals surface area (Å²) in [5.41, 5.74) is 5.71. The van der Waals surface area contributed by atoms with Crippen molar-refractivity contribution in [1.29, 1.82) is 0 Å². The first-order valence-electron chi connectivity index (χ1n) is 12.4. The Balaban J connectivity index is 1.73. The zero-order valence-electron chi connectivity index (χ0n) is 22.2. The van der Waals surface area contributed by atoms with E-state index in [1.165, 1.54) is 6.20 Å². The Morgan fingerprint density at radius 1 is 1.05 bits per heavy atom. The predicted molar refractivity (Wildman–Crippen MR) is 156 cm³/mol. The number of rotatable bonds is 6. The van der Waals surface area contributed by atoms with Crippen LogP contribution in [0, 0.1) is 6.92 Å². The van der Waals surface area contributed by atoms with E-state index in [1.54, 1.807) is 30.7 Å². The molecule has 0 saturated heterocycles. The molecule has 7 nitrogen and oxygen atoms in total. The SMILES string of the molecule is CC(=O)[C@@H](OC(C)(C)C)c1c(C)cc2nc(-c3ccnc(-c4cnc(=O)[nH]c4)c3)sc2c1-c1ccc(Cl)cc1. The van der Waals surface area contributed by atoms with E-state index in [-0.39, 0.29) is 5.78 Å². The number of ketones is 1. The molecule has 0 bridgehead atoms. The maximum atomic E-state index is 13.0. The number of nitrogens with zero attached hydrogens (tertiary/aromatic N) is 3. The summed E-state index contributed by atoms with van der Waals surface area (Å²) in [4.78, 5) is 40.2. The third kappa shape index (κ3) is 5.68. The number of pyridine rings is 1. The van der Waals surface area contributed by atoms with Crippen LogP contribution in [-0.4, -0.2) is 31.3 Å². The molecule has 1 N–H and O–H groups in total. The zero-order chi connectivity index (χ0) is 27.9. The number of H-pyrrole nitrogens is 1. The fraction of sp³-hybridized carbons (Fsp3) is 0.233. The number of Topliss-reactive ketones (excluding diaryl/α,β-unsaturated/α-hetero) is 1. The second-order valence-electron chi connectivity index (χ2n) is 10.3. The van der Waals surface area contributed by atoms with Crippen LogP contribution in [0.2, 0.25) is 5.02 Å². The number of hydrogen-bond donors (Lipinski definition) is 1. The number of aryl methyl sites for hydroxylation is 1. The second kappa shape index (κ2) is 10.4. The average molecular weight is 559 g/mol. The maximum absolute atomic E-state index is 13.0. The fourth-order valence-corrected chi connectivity index (χ4v) is 5.73. The van der Waals surface area contributed by atoms with E-state index in [9.17, 15) is 9.59 Å². The smallest absolute Gasteiger partial charge is 0.344 e. The van der Waals surface area contributed by atoms with E-state index < -0.39 is 17.4 Å². The van der Waals surface area contributed by atoms with Gasteiger partial charge in [-0.2, -0.15) is 0 Å². The molecule has 0 amide bonds. The Hall–Kier alpha value is -3.72. The minimum atomic E-state index is -0.745. The van der Waals surface area contributed by atoms with Gasteiger partial charge in [-0.25, -0.2) is 14.8 Å². The van der Waals surface area contributed by atoms with Gasteiger partial charge in [0, 0.05) is 45.9 Å². The van der Waals surface area contributed by atoms with Gasteiger partial charge in [-0.05, 0) is 76.1 Å². The highest BCUT2D eigenvalue weighted by molar-refractivity contribution is 7.22. The lowest BCUT2D eigenvalue weighted by atomic mass is 9.90. The molecule has 5 rings (SSSR count). The lowest BCUT2D eigenvalue weighted by molar-refractivity contribution is -0.138. The summed E-state index contributed by atoms with van der Waals surface area (Å²) < 4.78 is 7.28. The van der Waals surface area contributed by atoms with Gasteiger partial charge in [-0.3, -0.25) is 9.78 Å². The molecule has 0 aliphatic heterocycles. The van der Waals surface area contributed by atoms with Crippen LogP contribution in [0.4, 0.5) is 0 Å². The van der Waals surface area contributed by atoms with E-state index in [4.69, 9.17) is 21.3 Å². The van der Waals surface area contributed by atoms with Crippen LogP contribution in [0.15, 0.2) is 65.8 Å². The Bertz CT molecular complexity index is 1730. The number of thiazole rings is 1. The minimum Gasteiger partial charge on any atom is -0.360 e. The van der Waals surface area contributed by atoms with Crippen molar-refractivity contribution in [2.24, 2.45) is 0 Å². The molecule has 3 heterocycles. The molecule has 9 heteroatoms. The first-order chi connectivity index (χ1) is 18.5. The van der Waals surface area contributed by atoms with Crippen molar-refractivity contribution >= 4 is 38.9 Å². The number of aromatic amines is 1. The zero-order valence-corrected chi connectivity index (χ0v) is 23.8. The highest BCUT2D eigenvalue weighted by atomic mass is 35.5. The lowest BCUT2D eigenvalue weighted by Gasteiger charge is -2.29. The van der Waals surface area contributed by atoms with E-state index in [0.717, 1.165) is 43.0 Å². The van der Waals surface area contributed by atoms with Gasteiger partial charge in [0.1, 0.15) is 11.1 Å². The molecule has 0 radical (unpaired) electrons. The van der Waals surface area contributed by atoms with Gasteiger partial charge in [0.2, 0.25) is 0 Å². The van der Waals surface area contributed by atoms with Crippen molar-refractivity contribution in [1.82, 2.24) is 19.9 Å². The number of carbonyl (C=O) groups excluding carboxylic acids is 1. The number of hydrogen-bond acceptors (Lipinski definition) is 7. The van der Waals surface area contributed by atoms with Crippen LogP contribution in [-0.2, 0) is 9.53 Å². The molecule has 0 unspecified atom stereocenters. The van der Waals surface area contributed by atoms with Crippen LogP contribution in [0.25, 0.3) is 43.2 Å². The topological polar surface area (TPSA) is 97.8 Å². The van der Waals surface area contributed by atoms with Gasteiger partial charge in [-0.1, -0.05) is 23.7 Å². The highest BCUT2D eigenvalue weighted by Crippen LogP contribution is 2.44. The van der Waals surface area contributed by atoms with Crippen LogP contribution >= 0.6 is 22.9 Å². The Morgan fingerprint density at radius 3 is 2.44 bits per heavy atom. The first kappa shape index (κ1) is 26.9. The number of carbonyl (C=O) groups is 1. The van der Waals surface area contributed by atoms with Gasteiger partial charge in [0.05, 0.1) is 21.5 Å². The van der Waals surface area contributed by atoms with Crippen molar-refractivity contribution in [2.75, 3.05) is 0 Å². The number of benzene rings is 2. The average Bonchev–Trinajstić information content (AvgIpc) is 3.31. The normalized spacial score (nSPS) is 12.6. The van der Waals surface area contributed by atoms with Crippen molar-refractivity contribution in [3.05, 3.63) is 87.7 Å². The quantitative estimate of drug-likeness (QED) is 0.237. The Morgan fingerprint density at radius 2 is 1.79 bits per heavy atom. The standard InChI is InChI=1S/C30H27ClN4O3S/c1-16-12-23-27(39-28(35-23)19-10-11-32-22(13-19)20-14-33-29(37)34-15-20)25(18-6-8-21(31)9-7-18)24(16)26(17(2)36)38-30(3,4)5/h6-15,26H,1-5H3,(H,33,34,37)/t26-/m1/s1. The van der Waals surface area contributed by atoms with E-state index in [0.29, 0.717) is 16.3 Å². The summed E-state index contributed by atoms with van der Waals surface area (Å²) >= 11 is 7.77. The Labute approximate surface area is 234 Å². The summed E-state index contributed by atoms with van der Waals surface area (Å²) in [5, 5.41) is 1.43. The number of halogens is 1. The van der Waals surface area contributed by atoms with Crippen molar-refractivity contribution in [2.45, 2.75) is 46.3 Å². The minimum absolute atomic E-state index is 0.0689. The number of nitrogens with one attached hydrogen (secondary N) is 1. The maximum Gasteiger partial charge on any atom is 0.344 e. The molecule has 2 aromatic carbocycles. The fourth-order valence-electron chi connectivity index (χ4n) is 4.48. The van der Waals surface area contributed by atoms with Crippen LogP contribution < -0.4 is 5.69 Å². The van der Waals surface area contributed by atoms with Crippen molar-refractivity contribution in [3.8, 4) is 33.0 Å². The molecular formula is C30H27ClN4O3S. The largest absolute Gasteiger partial charge is 0.360 e. The molecule has 5 aromatic rings. The summed E-state index contributed by atoms with van der Waals surface area (Å²) in [6.45, 7) is 9.39. The van der Waals surface area contributed by atoms with Gasteiger partial charge in [0.15, 0.2) is 5.78 Å². The molecule has 0 fully saturated rings. The highest BCUT2D eigenvalue weighted by Gasteiger charge is 2.30. The van der Waals surface area contributed by atoms with Crippen molar-refractivity contribution in [3.63, 3.8) is 0 Å². The summed E-state index contributed by atoms with van der Waals surface area (Å²) in [5.74, 6) is -0.0689. The van der Waals surface area contributed by atoms with Crippen LogP contribution in [0.5, 0.6) is 0 Å². The van der Waals surface area contributed by atoms with E-state index >= 15 is 0 Å². The van der Waals surface area contributed by atoms with Crippen LogP contribution in [0.3, 0.4) is 0 Å². The van der Waals surface area contributed by atoms with Gasteiger partial charge in [-0.15, -0.1) is 11.3 Å². The number of fused-ring (bicyclic) bond motifs is 1. The summed E-state index contributed by atoms with van der Waals surface area (Å²) in [6.07, 6.45) is 4.05. The number of ether oxygens (including phenoxy) is 1. The molecule has 0 saturated carbocycles. The second-order valence-corrected chi connectivity index (χ2v) is 11.7. The lowest BCUT2D eigenvalue weighted by Crippen LogP contribution is -2.27. The molecule has 0 spiro atoms. The monoisotopic (exact) mass is 558 g/mol. The van der Waals surface area contributed by atoms with Crippen LogP contribution in [0.1, 0.15) is 44.9 Å². The third-order valence-corrected chi connectivity index (χ3v) is 7.53. The molecule has 198 valence electrons. The summed E-state index contributed by atoms with van der Waals surface area (Å²) in [7, 11) is 0. The molecule has 0 aliphatic rings. The van der Waals surface area contributed by atoms with Crippen molar-refractivity contribution < 1.29 is 9.53 Å². The predicted octanol–water partition coefficient (Wildman–Crippen LogP) is 7.18. The first-order valence-corrected chi connectivity index (χ1v) is 13.6. The number of aromatic nitrogens is 4. The summed E-state index contributed by atoms with van der Waals surface area (Å²) in [6, 6.07) is 13.4. The molecule has 0 aliphatic carbocycles.